The molecule has 0 radical (unpaired) electrons. The molecule has 3 nitrogen and oxygen atoms in total. The first-order valence-corrected chi connectivity index (χ1v) is 7.00. The second kappa shape index (κ2) is 7.31. The maximum atomic E-state index is 11.6. The quantitative estimate of drug-likeness (QED) is 0.771. The summed E-state index contributed by atoms with van der Waals surface area (Å²) in [7, 11) is 0. The van der Waals surface area contributed by atoms with Crippen LogP contribution in [0.15, 0.2) is 18.2 Å². The molecule has 0 unspecified atom stereocenters. The predicted molar refractivity (Wildman–Crippen MR) is 85.4 cm³/mol. The SMILES string of the molecule is Cc1ccc(NC(=O)CNCC2CC2)cc1I.Cl. The first-order valence-electron chi connectivity index (χ1n) is 5.92. The third-order valence-corrected chi connectivity index (χ3v) is 4.03. The molecule has 0 heterocycles. The van der Waals surface area contributed by atoms with Crippen LogP contribution < -0.4 is 10.6 Å². The molecular formula is C13H18ClIN2O. The predicted octanol–water partition coefficient (Wildman–Crippen LogP) is 2.96. The average molecular weight is 381 g/mol. The van der Waals surface area contributed by atoms with Gasteiger partial charge in [0.05, 0.1) is 6.54 Å². The monoisotopic (exact) mass is 380 g/mol. The molecule has 1 aliphatic carbocycles. The molecule has 1 amide bonds. The molecule has 18 heavy (non-hydrogen) atoms. The number of hydrogen-bond acceptors (Lipinski definition) is 2. The number of carbonyl (C=O) groups is 1. The Bertz CT molecular complexity index is 421. The minimum absolute atomic E-state index is 0. The summed E-state index contributed by atoms with van der Waals surface area (Å²) in [5.41, 5.74) is 2.11. The fourth-order valence-electron chi connectivity index (χ4n) is 1.59. The molecule has 0 aromatic heterocycles. The highest BCUT2D eigenvalue weighted by atomic mass is 127. The van der Waals surface area contributed by atoms with Gasteiger partial charge >= 0.3 is 0 Å². The first kappa shape index (κ1) is 15.7. The number of amides is 1. The van der Waals surface area contributed by atoms with Crippen LogP contribution in [-0.2, 0) is 4.79 Å². The van der Waals surface area contributed by atoms with Crippen LogP contribution in [0, 0.1) is 16.4 Å². The van der Waals surface area contributed by atoms with E-state index in [1.807, 2.05) is 18.2 Å². The Kier molecular flexibility index (Phi) is 6.38. The highest BCUT2D eigenvalue weighted by molar-refractivity contribution is 14.1. The Hall–Kier alpha value is -0.330. The molecular weight excluding hydrogens is 363 g/mol. The van der Waals surface area contributed by atoms with Crippen molar-refractivity contribution in [3.63, 3.8) is 0 Å². The van der Waals surface area contributed by atoms with Gasteiger partial charge in [-0.15, -0.1) is 12.4 Å². The molecule has 0 bridgehead atoms. The van der Waals surface area contributed by atoms with E-state index in [9.17, 15) is 4.79 Å². The lowest BCUT2D eigenvalue weighted by Gasteiger charge is -2.07. The molecule has 1 aliphatic rings. The van der Waals surface area contributed by atoms with Crippen molar-refractivity contribution in [2.24, 2.45) is 5.92 Å². The molecule has 2 rings (SSSR count). The Morgan fingerprint density at radius 1 is 1.44 bits per heavy atom. The zero-order valence-electron chi connectivity index (χ0n) is 10.3. The van der Waals surface area contributed by atoms with Gasteiger partial charge in [-0.2, -0.15) is 0 Å². The molecule has 1 aromatic rings. The number of halogens is 2. The van der Waals surface area contributed by atoms with Gasteiger partial charge < -0.3 is 10.6 Å². The first-order chi connectivity index (χ1) is 8.15. The largest absolute Gasteiger partial charge is 0.325 e. The number of rotatable bonds is 5. The van der Waals surface area contributed by atoms with Gasteiger partial charge in [0.15, 0.2) is 0 Å². The van der Waals surface area contributed by atoms with E-state index in [-0.39, 0.29) is 18.3 Å². The third-order valence-electron chi connectivity index (χ3n) is 2.87. The van der Waals surface area contributed by atoms with Crippen molar-refractivity contribution in [3.05, 3.63) is 27.3 Å². The van der Waals surface area contributed by atoms with E-state index in [0.717, 1.165) is 18.2 Å². The van der Waals surface area contributed by atoms with Crippen molar-refractivity contribution in [1.82, 2.24) is 5.32 Å². The van der Waals surface area contributed by atoms with Crippen LogP contribution in [0.25, 0.3) is 0 Å². The maximum absolute atomic E-state index is 11.6. The minimum atomic E-state index is 0. The molecule has 1 fully saturated rings. The molecule has 1 saturated carbocycles. The van der Waals surface area contributed by atoms with Crippen LogP contribution in [0.3, 0.4) is 0 Å². The van der Waals surface area contributed by atoms with Gasteiger partial charge in [-0.05, 0) is 72.5 Å². The Labute approximate surface area is 128 Å². The summed E-state index contributed by atoms with van der Waals surface area (Å²) in [6.07, 6.45) is 2.62. The van der Waals surface area contributed by atoms with E-state index < -0.39 is 0 Å². The van der Waals surface area contributed by atoms with E-state index >= 15 is 0 Å². The smallest absolute Gasteiger partial charge is 0.238 e. The van der Waals surface area contributed by atoms with Crippen molar-refractivity contribution in [2.75, 3.05) is 18.4 Å². The highest BCUT2D eigenvalue weighted by Crippen LogP contribution is 2.27. The average Bonchev–Trinajstić information content (AvgIpc) is 3.07. The summed E-state index contributed by atoms with van der Waals surface area (Å²) in [4.78, 5) is 11.6. The van der Waals surface area contributed by atoms with Crippen LogP contribution in [0.4, 0.5) is 5.69 Å². The van der Waals surface area contributed by atoms with Crippen molar-refractivity contribution < 1.29 is 4.79 Å². The lowest BCUT2D eigenvalue weighted by atomic mass is 10.2. The van der Waals surface area contributed by atoms with E-state index in [4.69, 9.17) is 0 Å². The zero-order chi connectivity index (χ0) is 12.3. The molecule has 0 spiro atoms. The van der Waals surface area contributed by atoms with Crippen molar-refractivity contribution >= 4 is 46.6 Å². The third kappa shape index (κ3) is 5.12. The topological polar surface area (TPSA) is 41.1 Å². The number of nitrogens with one attached hydrogen (secondary N) is 2. The summed E-state index contributed by atoms with van der Waals surface area (Å²) in [6, 6.07) is 5.96. The van der Waals surface area contributed by atoms with Crippen LogP contribution in [0.2, 0.25) is 0 Å². The fourth-order valence-corrected chi connectivity index (χ4v) is 2.10. The van der Waals surface area contributed by atoms with Crippen molar-refractivity contribution in [2.45, 2.75) is 19.8 Å². The van der Waals surface area contributed by atoms with Crippen LogP contribution in [0.1, 0.15) is 18.4 Å². The number of aryl methyl sites for hydroxylation is 1. The van der Waals surface area contributed by atoms with Gasteiger partial charge in [0.2, 0.25) is 5.91 Å². The van der Waals surface area contributed by atoms with Crippen molar-refractivity contribution in [3.8, 4) is 0 Å². The number of carbonyl (C=O) groups excluding carboxylic acids is 1. The standard InChI is InChI=1S/C13H17IN2O.ClH/c1-9-2-5-11(6-12(9)14)16-13(17)8-15-7-10-3-4-10;/h2,5-6,10,15H,3-4,7-8H2,1H3,(H,16,17);1H. The Morgan fingerprint density at radius 3 is 2.78 bits per heavy atom. The zero-order valence-corrected chi connectivity index (χ0v) is 13.3. The summed E-state index contributed by atoms with van der Waals surface area (Å²) in [5.74, 6) is 0.841. The van der Waals surface area contributed by atoms with Crippen molar-refractivity contribution in [1.29, 1.82) is 0 Å². The minimum Gasteiger partial charge on any atom is -0.325 e. The van der Waals surface area contributed by atoms with E-state index in [1.165, 1.54) is 22.0 Å². The summed E-state index contributed by atoms with van der Waals surface area (Å²) in [5, 5.41) is 6.08. The molecule has 2 N–H and O–H groups in total. The number of anilines is 1. The molecule has 1 aromatic carbocycles. The fraction of sp³-hybridized carbons (Fsp3) is 0.462. The molecule has 0 atom stereocenters. The second-order valence-electron chi connectivity index (χ2n) is 4.59. The van der Waals surface area contributed by atoms with Gasteiger partial charge in [0, 0.05) is 9.26 Å². The Morgan fingerprint density at radius 2 is 2.17 bits per heavy atom. The molecule has 0 saturated heterocycles. The van der Waals surface area contributed by atoms with Crippen LogP contribution in [0.5, 0.6) is 0 Å². The van der Waals surface area contributed by atoms with E-state index in [2.05, 4.69) is 40.1 Å². The summed E-state index contributed by atoms with van der Waals surface area (Å²) >= 11 is 2.28. The molecule has 5 heteroatoms. The highest BCUT2D eigenvalue weighted by Gasteiger charge is 2.20. The van der Waals surface area contributed by atoms with Gasteiger partial charge in [0.25, 0.3) is 0 Å². The number of benzene rings is 1. The normalized spacial score (nSPS) is 13.9. The maximum Gasteiger partial charge on any atom is 0.238 e. The molecule has 0 aliphatic heterocycles. The van der Waals surface area contributed by atoms with E-state index in [1.54, 1.807) is 0 Å². The van der Waals surface area contributed by atoms with Gasteiger partial charge in [-0.25, -0.2) is 0 Å². The molecule has 100 valence electrons. The Balaban J connectivity index is 0.00000162. The lowest BCUT2D eigenvalue weighted by molar-refractivity contribution is -0.115. The van der Waals surface area contributed by atoms with Crippen LogP contribution >= 0.6 is 35.0 Å². The van der Waals surface area contributed by atoms with Crippen LogP contribution in [-0.4, -0.2) is 19.0 Å². The van der Waals surface area contributed by atoms with Gasteiger partial charge in [-0.3, -0.25) is 4.79 Å². The van der Waals surface area contributed by atoms with Gasteiger partial charge in [0.1, 0.15) is 0 Å². The van der Waals surface area contributed by atoms with Gasteiger partial charge in [-0.1, -0.05) is 6.07 Å². The van der Waals surface area contributed by atoms with E-state index in [0.29, 0.717) is 6.54 Å². The second-order valence-corrected chi connectivity index (χ2v) is 5.75. The number of hydrogen-bond donors (Lipinski definition) is 2. The summed E-state index contributed by atoms with van der Waals surface area (Å²) < 4.78 is 1.17. The summed E-state index contributed by atoms with van der Waals surface area (Å²) in [6.45, 7) is 3.43. The lowest BCUT2D eigenvalue weighted by Crippen LogP contribution is -2.29.